The molecule has 0 fully saturated rings. The van der Waals surface area contributed by atoms with Crippen LogP contribution in [0.2, 0.25) is 0 Å². The first-order valence-corrected chi connectivity index (χ1v) is 6.86. The summed E-state index contributed by atoms with van der Waals surface area (Å²) in [6.45, 7) is 3.79. The Balaban J connectivity index is 1.91. The number of benzene rings is 2. The minimum absolute atomic E-state index is 0.436. The quantitative estimate of drug-likeness (QED) is 0.883. The second-order valence-corrected chi connectivity index (χ2v) is 5.24. The van der Waals surface area contributed by atoms with Crippen LogP contribution in [0, 0.1) is 6.92 Å². The predicted octanol–water partition coefficient (Wildman–Crippen LogP) is 3.65. The average molecular weight is 253 g/mol. The fraction of sp³-hybridized carbons (Fsp3) is 0.294. The van der Waals surface area contributed by atoms with Gasteiger partial charge in [0.1, 0.15) is 5.75 Å². The molecule has 0 atom stereocenters. The topological polar surface area (TPSA) is 23.5 Å². The molecule has 0 saturated carbocycles. The maximum absolute atomic E-state index is 10.1. The zero-order valence-electron chi connectivity index (χ0n) is 11.3. The second kappa shape index (κ2) is 4.96. The number of anilines is 1. The SMILES string of the molecule is Cc1cccc(CN2CCCc3ccccc32)c1O. The minimum Gasteiger partial charge on any atom is -0.507 e. The van der Waals surface area contributed by atoms with Crippen LogP contribution in [0.25, 0.3) is 0 Å². The average Bonchev–Trinajstić information content (AvgIpc) is 2.44. The standard InChI is InChI=1S/C17H19NO/c1-13-6-4-8-15(17(13)19)12-18-11-5-9-14-7-2-3-10-16(14)18/h2-4,6-8,10,19H,5,9,11-12H2,1H3. The monoisotopic (exact) mass is 253 g/mol. The van der Waals surface area contributed by atoms with Crippen LogP contribution in [-0.2, 0) is 13.0 Å². The van der Waals surface area contributed by atoms with Crippen LogP contribution in [0.3, 0.4) is 0 Å². The van der Waals surface area contributed by atoms with Gasteiger partial charge in [0.15, 0.2) is 0 Å². The molecule has 0 spiro atoms. The summed E-state index contributed by atoms with van der Waals surface area (Å²) in [4.78, 5) is 2.37. The van der Waals surface area contributed by atoms with Gasteiger partial charge >= 0.3 is 0 Å². The number of rotatable bonds is 2. The van der Waals surface area contributed by atoms with Crippen LogP contribution in [0.1, 0.15) is 23.1 Å². The highest BCUT2D eigenvalue weighted by molar-refractivity contribution is 5.56. The van der Waals surface area contributed by atoms with Crippen molar-refractivity contribution < 1.29 is 5.11 Å². The van der Waals surface area contributed by atoms with Crippen molar-refractivity contribution >= 4 is 5.69 Å². The van der Waals surface area contributed by atoms with Gasteiger partial charge in [-0.15, -0.1) is 0 Å². The van der Waals surface area contributed by atoms with Crippen molar-refractivity contribution in [1.82, 2.24) is 0 Å². The molecule has 0 aromatic heterocycles. The summed E-state index contributed by atoms with van der Waals surface area (Å²) in [5, 5.41) is 10.1. The van der Waals surface area contributed by atoms with E-state index < -0.39 is 0 Å². The molecule has 0 amide bonds. The van der Waals surface area contributed by atoms with E-state index in [1.54, 1.807) is 0 Å². The molecule has 19 heavy (non-hydrogen) atoms. The Morgan fingerprint density at radius 2 is 1.95 bits per heavy atom. The summed E-state index contributed by atoms with van der Waals surface area (Å²) in [7, 11) is 0. The zero-order chi connectivity index (χ0) is 13.2. The van der Waals surface area contributed by atoms with Crippen molar-refractivity contribution in [3.8, 4) is 5.75 Å². The number of fused-ring (bicyclic) bond motifs is 1. The Labute approximate surface area is 114 Å². The van der Waals surface area contributed by atoms with Gasteiger partial charge in [0.05, 0.1) is 0 Å². The molecular formula is C17H19NO. The molecule has 1 aliphatic heterocycles. The molecule has 0 unspecified atom stereocenters. The van der Waals surface area contributed by atoms with Crippen molar-refractivity contribution in [2.24, 2.45) is 0 Å². The van der Waals surface area contributed by atoms with Crippen LogP contribution in [0.15, 0.2) is 42.5 Å². The van der Waals surface area contributed by atoms with E-state index in [0.29, 0.717) is 5.75 Å². The largest absolute Gasteiger partial charge is 0.507 e. The maximum atomic E-state index is 10.1. The molecule has 2 aromatic carbocycles. The van der Waals surface area contributed by atoms with Crippen molar-refractivity contribution in [3.05, 3.63) is 59.2 Å². The molecule has 2 heteroatoms. The highest BCUT2D eigenvalue weighted by Crippen LogP contribution is 2.30. The number of para-hydroxylation sites is 2. The van der Waals surface area contributed by atoms with Gasteiger partial charge in [0.25, 0.3) is 0 Å². The van der Waals surface area contributed by atoms with Crippen molar-refractivity contribution in [1.29, 1.82) is 0 Å². The van der Waals surface area contributed by atoms with Gasteiger partial charge in [-0.2, -0.15) is 0 Å². The van der Waals surface area contributed by atoms with Gasteiger partial charge in [-0.25, -0.2) is 0 Å². The molecule has 0 saturated heterocycles. The molecule has 3 rings (SSSR count). The van der Waals surface area contributed by atoms with Gasteiger partial charge in [-0.1, -0.05) is 36.4 Å². The molecule has 0 aliphatic carbocycles. The van der Waals surface area contributed by atoms with E-state index in [-0.39, 0.29) is 0 Å². The van der Waals surface area contributed by atoms with E-state index in [1.165, 1.54) is 17.7 Å². The normalized spacial score (nSPS) is 14.3. The fourth-order valence-electron chi connectivity index (χ4n) is 2.83. The molecule has 0 radical (unpaired) electrons. The van der Waals surface area contributed by atoms with Crippen molar-refractivity contribution in [3.63, 3.8) is 0 Å². The third-order valence-electron chi connectivity index (χ3n) is 3.89. The summed E-state index contributed by atoms with van der Waals surface area (Å²) in [6, 6.07) is 14.6. The van der Waals surface area contributed by atoms with E-state index in [2.05, 4.69) is 29.2 Å². The number of hydrogen-bond acceptors (Lipinski definition) is 2. The molecule has 1 aliphatic rings. The summed E-state index contributed by atoms with van der Waals surface area (Å²) in [5.74, 6) is 0.436. The van der Waals surface area contributed by atoms with Gasteiger partial charge in [0, 0.05) is 24.3 Å². The molecule has 1 N–H and O–H groups in total. The summed E-state index contributed by atoms with van der Waals surface area (Å²) < 4.78 is 0. The first-order chi connectivity index (χ1) is 9.25. The Morgan fingerprint density at radius 1 is 1.11 bits per heavy atom. The molecule has 98 valence electrons. The Kier molecular flexibility index (Phi) is 3.16. The zero-order valence-corrected chi connectivity index (χ0v) is 11.3. The number of aryl methyl sites for hydroxylation is 2. The Bertz CT molecular complexity index is 592. The third-order valence-corrected chi connectivity index (χ3v) is 3.89. The smallest absolute Gasteiger partial charge is 0.123 e. The highest BCUT2D eigenvalue weighted by Gasteiger charge is 2.17. The molecular weight excluding hydrogens is 234 g/mol. The van der Waals surface area contributed by atoms with Crippen LogP contribution in [0.5, 0.6) is 5.75 Å². The maximum Gasteiger partial charge on any atom is 0.123 e. The number of phenolic OH excluding ortho intramolecular Hbond substituents is 1. The Morgan fingerprint density at radius 3 is 2.84 bits per heavy atom. The molecule has 1 heterocycles. The van der Waals surface area contributed by atoms with Crippen LogP contribution in [-0.4, -0.2) is 11.7 Å². The molecule has 2 nitrogen and oxygen atoms in total. The summed E-state index contributed by atoms with van der Waals surface area (Å²) in [6.07, 6.45) is 2.34. The van der Waals surface area contributed by atoms with Gasteiger partial charge < -0.3 is 10.0 Å². The Hall–Kier alpha value is -1.96. The van der Waals surface area contributed by atoms with E-state index in [0.717, 1.165) is 30.6 Å². The number of nitrogens with zero attached hydrogens (tertiary/aromatic N) is 1. The molecule has 0 bridgehead atoms. The number of hydrogen-bond donors (Lipinski definition) is 1. The number of phenols is 1. The van der Waals surface area contributed by atoms with Crippen molar-refractivity contribution in [2.45, 2.75) is 26.3 Å². The fourth-order valence-corrected chi connectivity index (χ4v) is 2.83. The predicted molar refractivity (Wildman–Crippen MR) is 78.7 cm³/mol. The van der Waals surface area contributed by atoms with Crippen molar-refractivity contribution in [2.75, 3.05) is 11.4 Å². The highest BCUT2D eigenvalue weighted by atomic mass is 16.3. The lowest BCUT2D eigenvalue weighted by Crippen LogP contribution is -2.28. The summed E-state index contributed by atoms with van der Waals surface area (Å²) in [5.41, 5.74) is 4.69. The minimum atomic E-state index is 0.436. The van der Waals surface area contributed by atoms with Gasteiger partial charge in [0.2, 0.25) is 0 Å². The first kappa shape index (κ1) is 12.1. The second-order valence-electron chi connectivity index (χ2n) is 5.24. The first-order valence-electron chi connectivity index (χ1n) is 6.86. The van der Waals surface area contributed by atoms with Gasteiger partial charge in [-0.3, -0.25) is 0 Å². The summed E-state index contributed by atoms with van der Waals surface area (Å²) >= 11 is 0. The van der Waals surface area contributed by atoms with E-state index in [9.17, 15) is 5.11 Å². The third kappa shape index (κ3) is 2.30. The lowest BCUT2D eigenvalue weighted by atomic mass is 10.0. The van der Waals surface area contributed by atoms with E-state index >= 15 is 0 Å². The lowest BCUT2D eigenvalue weighted by Gasteiger charge is -2.31. The van der Waals surface area contributed by atoms with Gasteiger partial charge in [-0.05, 0) is 37.0 Å². The number of aromatic hydroxyl groups is 1. The lowest BCUT2D eigenvalue weighted by molar-refractivity contribution is 0.462. The van der Waals surface area contributed by atoms with E-state index in [1.807, 2.05) is 25.1 Å². The van der Waals surface area contributed by atoms with Crippen LogP contribution >= 0.6 is 0 Å². The van der Waals surface area contributed by atoms with E-state index in [4.69, 9.17) is 0 Å². The van der Waals surface area contributed by atoms with Crippen LogP contribution < -0.4 is 4.90 Å². The van der Waals surface area contributed by atoms with Crippen LogP contribution in [0.4, 0.5) is 5.69 Å². The molecule has 2 aromatic rings.